The fraction of sp³-hybridized carbons (Fsp3) is 0.538. The largest absolute Gasteiger partial charge is 0.441 e. The second-order valence-electron chi connectivity index (χ2n) is 4.67. The van der Waals surface area contributed by atoms with E-state index in [0.717, 1.165) is 0 Å². The van der Waals surface area contributed by atoms with Crippen molar-refractivity contribution >= 4 is 5.90 Å². The van der Waals surface area contributed by atoms with E-state index in [0.29, 0.717) is 6.61 Å². The lowest BCUT2D eigenvalue weighted by Gasteiger charge is -2.28. The molecule has 1 unspecified atom stereocenters. The highest BCUT2D eigenvalue weighted by molar-refractivity contribution is 5.99. The molecule has 98 valence electrons. The standard InChI is InChI=1S/C13H14N4O2/c1-8(2)7-18-13(3)11(9(4-14)5-15)10(6-16)12(17)19-13/h8-9,17H,7H2,1-3H3. The summed E-state index contributed by atoms with van der Waals surface area (Å²) < 4.78 is 10.8. The van der Waals surface area contributed by atoms with Crippen LogP contribution in [0.5, 0.6) is 0 Å². The number of rotatable bonds is 4. The van der Waals surface area contributed by atoms with Gasteiger partial charge in [0.15, 0.2) is 5.92 Å². The monoisotopic (exact) mass is 258 g/mol. The summed E-state index contributed by atoms with van der Waals surface area (Å²) in [4.78, 5) is 0. The molecule has 0 aliphatic carbocycles. The van der Waals surface area contributed by atoms with Crippen molar-refractivity contribution in [3.63, 3.8) is 0 Å². The first kappa shape index (κ1) is 14.7. The second-order valence-corrected chi connectivity index (χ2v) is 4.67. The predicted octanol–water partition coefficient (Wildman–Crippen LogP) is 1.87. The maximum Gasteiger partial charge on any atom is 0.236 e. The molecule has 0 amide bonds. The van der Waals surface area contributed by atoms with Crippen molar-refractivity contribution in [2.45, 2.75) is 26.6 Å². The van der Waals surface area contributed by atoms with Gasteiger partial charge in [-0.15, -0.1) is 0 Å². The van der Waals surface area contributed by atoms with E-state index in [2.05, 4.69) is 0 Å². The maximum absolute atomic E-state index is 9.05. The molecule has 0 aromatic rings. The molecule has 1 heterocycles. The topological polar surface area (TPSA) is 114 Å². The van der Waals surface area contributed by atoms with Crippen LogP contribution in [-0.2, 0) is 9.47 Å². The van der Waals surface area contributed by atoms with Crippen molar-refractivity contribution < 1.29 is 9.47 Å². The number of hydrogen-bond acceptors (Lipinski definition) is 6. The highest BCUT2D eigenvalue weighted by Crippen LogP contribution is 2.38. The fourth-order valence-electron chi connectivity index (χ4n) is 1.76. The molecule has 19 heavy (non-hydrogen) atoms. The molecule has 6 nitrogen and oxygen atoms in total. The van der Waals surface area contributed by atoms with Crippen LogP contribution in [0.25, 0.3) is 0 Å². The highest BCUT2D eigenvalue weighted by atomic mass is 16.7. The zero-order chi connectivity index (χ0) is 14.6. The summed E-state index contributed by atoms with van der Waals surface area (Å²) in [6.07, 6.45) is 0. The van der Waals surface area contributed by atoms with Crippen LogP contribution in [0.2, 0.25) is 0 Å². The Labute approximate surface area is 112 Å². The quantitative estimate of drug-likeness (QED) is 0.826. The molecule has 1 aliphatic heterocycles. The van der Waals surface area contributed by atoms with Gasteiger partial charge in [-0.25, -0.2) is 0 Å². The first-order valence-electron chi connectivity index (χ1n) is 5.75. The van der Waals surface area contributed by atoms with Crippen LogP contribution in [0.4, 0.5) is 0 Å². The van der Waals surface area contributed by atoms with Crippen LogP contribution < -0.4 is 0 Å². The minimum atomic E-state index is -1.40. The van der Waals surface area contributed by atoms with E-state index >= 15 is 0 Å². The number of hydrogen-bond donors (Lipinski definition) is 1. The van der Waals surface area contributed by atoms with Crippen molar-refractivity contribution in [1.29, 1.82) is 21.2 Å². The summed E-state index contributed by atoms with van der Waals surface area (Å²) >= 11 is 0. The van der Waals surface area contributed by atoms with Gasteiger partial charge in [0, 0.05) is 6.92 Å². The SMILES string of the molecule is CC(C)COC1(C)OC(=N)C(C#N)=C1C(C#N)C#N. The van der Waals surface area contributed by atoms with E-state index in [1.165, 1.54) is 6.92 Å². The Kier molecular flexibility index (Phi) is 4.27. The zero-order valence-electron chi connectivity index (χ0n) is 11.0. The molecule has 0 bridgehead atoms. The van der Waals surface area contributed by atoms with E-state index in [9.17, 15) is 0 Å². The number of nitriles is 3. The van der Waals surface area contributed by atoms with Gasteiger partial charge < -0.3 is 9.47 Å². The van der Waals surface area contributed by atoms with Crippen LogP contribution in [0.1, 0.15) is 20.8 Å². The molecule has 1 atom stereocenters. The normalized spacial score (nSPS) is 22.1. The van der Waals surface area contributed by atoms with Crippen LogP contribution in [0, 0.1) is 51.2 Å². The highest BCUT2D eigenvalue weighted by Gasteiger charge is 2.47. The third-order valence-electron chi connectivity index (χ3n) is 2.63. The van der Waals surface area contributed by atoms with E-state index < -0.39 is 11.7 Å². The Bertz CT molecular complexity index is 530. The number of nitrogens with one attached hydrogen (secondary N) is 1. The van der Waals surface area contributed by atoms with E-state index in [-0.39, 0.29) is 23.0 Å². The molecular weight excluding hydrogens is 244 g/mol. The second kappa shape index (κ2) is 5.52. The summed E-state index contributed by atoms with van der Waals surface area (Å²) in [5.41, 5.74) is 0.0185. The van der Waals surface area contributed by atoms with Crippen molar-refractivity contribution in [3.05, 3.63) is 11.1 Å². The third kappa shape index (κ3) is 2.73. The predicted molar refractivity (Wildman–Crippen MR) is 65.4 cm³/mol. The van der Waals surface area contributed by atoms with Crippen molar-refractivity contribution in [2.24, 2.45) is 11.8 Å². The maximum atomic E-state index is 9.05. The minimum absolute atomic E-state index is 0.0978. The molecule has 0 fully saturated rings. The molecule has 0 aromatic heterocycles. The summed E-state index contributed by atoms with van der Waals surface area (Å²) in [5, 5.41) is 34.7. The molecule has 1 N–H and O–H groups in total. The first-order chi connectivity index (χ1) is 8.89. The van der Waals surface area contributed by atoms with E-state index in [1.807, 2.05) is 13.8 Å². The van der Waals surface area contributed by atoms with Crippen LogP contribution in [0.15, 0.2) is 11.1 Å². The van der Waals surface area contributed by atoms with Crippen LogP contribution >= 0.6 is 0 Å². The summed E-state index contributed by atoms with van der Waals surface area (Å²) in [7, 11) is 0. The van der Waals surface area contributed by atoms with Crippen molar-refractivity contribution in [1.82, 2.24) is 0 Å². The average molecular weight is 258 g/mol. The molecule has 6 heteroatoms. The minimum Gasteiger partial charge on any atom is -0.441 e. The Balaban J connectivity index is 3.25. The summed E-state index contributed by atoms with van der Waals surface area (Å²) in [6.45, 7) is 5.72. The van der Waals surface area contributed by atoms with Crippen molar-refractivity contribution in [2.75, 3.05) is 6.61 Å². The lowest BCUT2D eigenvalue weighted by atomic mass is 9.92. The first-order valence-corrected chi connectivity index (χ1v) is 5.75. The molecule has 1 aliphatic rings. The van der Waals surface area contributed by atoms with Gasteiger partial charge >= 0.3 is 0 Å². The molecule has 0 saturated carbocycles. The summed E-state index contributed by atoms with van der Waals surface area (Å²) in [6, 6.07) is 5.39. The fourth-order valence-corrected chi connectivity index (χ4v) is 1.76. The van der Waals surface area contributed by atoms with Crippen LogP contribution in [-0.4, -0.2) is 18.3 Å². The molecule has 1 rings (SSSR count). The Morgan fingerprint density at radius 3 is 2.32 bits per heavy atom. The van der Waals surface area contributed by atoms with Gasteiger partial charge in [0.25, 0.3) is 0 Å². The smallest absolute Gasteiger partial charge is 0.236 e. The molecule has 0 aromatic carbocycles. The van der Waals surface area contributed by atoms with Gasteiger partial charge in [0.05, 0.1) is 24.3 Å². The van der Waals surface area contributed by atoms with Gasteiger partial charge in [0.2, 0.25) is 11.7 Å². The average Bonchev–Trinajstić information content (AvgIpc) is 2.61. The lowest BCUT2D eigenvalue weighted by molar-refractivity contribution is -0.152. The van der Waals surface area contributed by atoms with Crippen molar-refractivity contribution in [3.8, 4) is 18.2 Å². The molecule has 0 spiro atoms. The van der Waals surface area contributed by atoms with Gasteiger partial charge in [-0.3, -0.25) is 5.41 Å². The van der Waals surface area contributed by atoms with E-state index in [1.54, 1.807) is 18.2 Å². The van der Waals surface area contributed by atoms with E-state index in [4.69, 9.17) is 30.7 Å². The van der Waals surface area contributed by atoms with Gasteiger partial charge in [-0.05, 0) is 5.92 Å². The number of ether oxygens (including phenoxy) is 2. The third-order valence-corrected chi connectivity index (χ3v) is 2.63. The summed E-state index contributed by atoms with van der Waals surface area (Å²) in [5.74, 6) is -2.72. The Hall–Kier alpha value is -2.36. The number of nitrogens with zero attached hydrogens (tertiary/aromatic N) is 3. The lowest BCUT2D eigenvalue weighted by Crippen LogP contribution is -2.35. The van der Waals surface area contributed by atoms with Gasteiger partial charge in [-0.1, -0.05) is 13.8 Å². The molecular formula is C13H14N4O2. The molecule has 0 saturated heterocycles. The Morgan fingerprint density at radius 2 is 1.89 bits per heavy atom. The zero-order valence-corrected chi connectivity index (χ0v) is 11.0. The van der Waals surface area contributed by atoms with Crippen LogP contribution in [0.3, 0.4) is 0 Å². The van der Waals surface area contributed by atoms with Gasteiger partial charge in [-0.2, -0.15) is 15.8 Å². The Morgan fingerprint density at radius 1 is 1.32 bits per heavy atom. The van der Waals surface area contributed by atoms with Gasteiger partial charge in [0.1, 0.15) is 11.6 Å². The molecule has 0 radical (unpaired) electrons.